The average molecular weight is 410 g/mol. The maximum absolute atomic E-state index is 13.3. The van der Waals surface area contributed by atoms with E-state index < -0.39 is 0 Å². The fourth-order valence-corrected chi connectivity index (χ4v) is 4.12. The fraction of sp³-hybridized carbons (Fsp3) is 0.391. The minimum Gasteiger partial charge on any atom is -0.398 e. The molecule has 0 aliphatic carbocycles. The molecule has 3 N–H and O–H groups in total. The van der Waals surface area contributed by atoms with Gasteiger partial charge in [-0.25, -0.2) is 4.39 Å². The third kappa shape index (κ3) is 4.62. The molecule has 1 aliphatic rings. The summed E-state index contributed by atoms with van der Waals surface area (Å²) in [4.78, 5) is 14.6. The third-order valence-corrected chi connectivity index (χ3v) is 5.83. The number of amides is 1. The summed E-state index contributed by atoms with van der Waals surface area (Å²) in [7, 11) is 0. The summed E-state index contributed by atoms with van der Waals surface area (Å²) < 4.78 is 18.7. The highest BCUT2D eigenvalue weighted by Gasteiger charge is 2.24. The maximum atomic E-state index is 13.3. The number of nitrogens with zero attached hydrogens (tertiary/aromatic N) is 2. The number of anilines is 1. The van der Waals surface area contributed by atoms with Crippen LogP contribution in [0, 0.1) is 5.82 Å². The van der Waals surface area contributed by atoms with Gasteiger partial charge in [0, 0.05) is 29.6 Å². The van der Waals surface area contributed by atoms with E-state index in [0.717, 1.165) is 56.4 Å². The molecule has 1 fully saturated rings. The molecule has 1 aromatic heterocycles. The Bertz CT molecular complexity index is 1010. The molecule has 0 atom stereocenters. The predicted molar refractivity (Wildman–Crippen MR) is 115 cm³/mol. The van der Waals surface area contributed by atoms with Crippen LogP contribution in [0.5, 0.6) is 0 Å². The minimum atomic E-state index is -0.302. The molecule has 2 heterocycles. The first kappa shape index (κ1) is 20.3. The molecule has 4 rings (SSSR count). The van der Waals surface area contributed by atoms with Crippen LogP contribution in [0.15, 0.2) is 47.0 Å². The Labute approximate surface area is 175 Å². The molecule has 0 bridgehead atoms. The minimum absolute atomic E-state index is 0.117. The molecule has 30 heavy (non-hydrogen) atoms. The highest BCUT2D eigenvalue weighted by atomic mass is 19.1. The summed E-state index contributed by atoms with van der Waals surface area (Å²) >= 11 is 0. The Morgan fingerprint density at radius 1 is 1.20 bits per heavy atom. The lowest BCUT2D eigenvalue weighted by molar-refractivity contribution is 0.0953. The van der Waals surface area contributed by atoms with Crippen LogP contribution in [-0.4, -0.2) is 42.1 Å². The number of nitrogen functional groups attached to an aromatic ring is 1. The lowest BCUT2D eigenvalue weighted by Crippen LogP contribution is -2.34. The van der Waals surface area contributed by atoms with Gasteiger partial charge < -0.3 is 20.5 Å². The van der Waals surface area contributed by atoms with Crippen LogP contribution in [0.1, 0.15) is 47.7 Å². The predicted octanol–water partition coefficient (Wildman–Crippen LogP) is 3.94. The normalized spacial score (nSPS) is 15.5. The number of aromatic nitrogens is 1. The van der Waals surface area contributed by atoms with E-state index in [1.54, 1.807) is 18.2 Å². The van der Waals surface area contributed by atoms with Gasteiger partial charge in [0.05, 0.1) is 11.3 Å². The van der Waals surface area contributed by atoms with Gasteiger partial charge in [0.1, 0.15) is 5.82 Å². The van der Waals surface area contributed by atoms with E-state index in [0.29, 0.717) is 29.3 Å². The number of fused-ring (bicyclic) bond motifs is 1. The van der Waals surface area contributed by atoms with E-state index in [2.05, 4.69) is 15.4 Å². The molecule has 0 saturated carbocycles. The van der Waals surface area contributed by atoms with Gasteiger partial charge in [-0.3, -0.25) is 4.79 Å². The van der Waals surface area contributed by atoms with E-state index >= 15 is 0 Å². The van der Waals surface area contributed by atoms with Gasteiger partial charge in [-0.05, 0) is 69.6 Å². The summed E-state index contributed by atoms with van der Waals surface area (Å²) in [5.74, 6) is -0.0688. The van der Waals surface area contributed by atoms with E-state index in [1.807, 2.05) is 12.1 Å². The highest BCUT2D eigenvalue weighted by Crippen LogP contribution is 2.32. The number of benzene rings is 2. The summed E-state index contributed by atoms with van der Waals surface area (Å²) in [5, 5.41) is 8.07. The van der Waals surface area contributed by atoms with Crippen molar-refractivity contribution >= 4 is 22.6 Å². The van der Waals surface area contributed by atoms with Gasteiger partial charge in [0.2, 0.25) is 0 Å². The zero-order valence-corrected chi connectivity index (χ0v) is 16.9. The average Bonchev–Trinajstić information content (AvgIpc) is 3.17. The summed E-state index contributed by atoms with van der Waals surface area (Å²) in [6.45, 7) is 3.67. The molecule has 2 aromatic carbocycles. The summed E-state index contributed by atoms with van der Waals surface area (Å²) in [6, 6.07) is 11.7. The van der Waals surface area contributed by atoms with Gasteiger partial charge in [-0.1, -0.05) is 17.3 Å². The third-order valence-electron chi connectivity index (χ3n) is 5.83. The highest BCUT2D eigenvalue weighted by molar-refractivity contribution is 5.99. The van der Waals surface area contributed by atoms with Crippen molar-refractivity contribution in [3.8, 4) is 0 Å². The first-order valence-electron chi connectivity index (χ1n) is 10.5. The van der Waals surface area contributed by atoms with Gasteiger partial charge >= 0.3 is 0 Å². The van der Waals surface area contributed by atoms with E-state index in [9.17, 15) is 9.18 Å². The van der Waals surface area contributed by atoms with Crippen LogP contribution in [0.3, 0.4) is 0 Å². The van der Waals surface area contributed by atoms with Crippen molar-refractivity contribution in [3.05, 3.63) is 59.5 Å². The largest absolute Gasteiger partial charge is 0.398 e. The van der Waals surface area contributed by atoms with Gasteiger partial charge in [-0.15, -0.1) is 0 Å². The second-order valence-corrected chi connectivity index (χ2v) is 7.87. The van der Waals surface area contributed by atoms with Crippen LogP contribution >= 0.6 is 0 Å². The second kappa shape index (κ2) is 9.26. The molecule has 1 amide bonds. The van der Waals surface area contributed by atoms with Crippen molar-refractivity contribution in [1.82, 2.24) is 15.4 Å². The van der Waals surface area contributed by atoms with Crippen LogP contribution in [-0.2, 0) is 0 Å². The lowest BCUT2D eigenvalue weighted by atomic mass is 9.91. The number of halogens is 1. The van der Waals surface area contributed by atoms with Crippen molar-refractivity contribution in [1.29, 1.82) is 0 Å². The molecule has 1 saturated heterocycles. The molecule has 1 aliphatic heterocycles. The topological polar surface area (TPSA) is 84.4 Å². The molecular weight excluding hydrogens is 383 g/mol. The summed E-state index contributed by atoms with van der Waals surface area (Å²) in [5.41, 5.74) is 8.34. The van der Waals surface area contributed by atoms with Gasteiger partial charge in [0.15, 0.2) is 5.58 Å². The number of para-hydroxylation sites is 1. The standard InChI is InChI=1S/C23H27FN4O2/c24-17-7-8-19-21(15-17)30-27-22(19)16-9-13-28(14-10-16)12-4-3-11-26-23(29)18-5-1-2-6-20(18)25/h1-2,5-8,15-16H,3-4,9-14,25H2,(H,26,29). The zero-order chi connectivity index (χ0) is 20.9. The van der Waals surface area contributed by atoms with Crippen LogP contribution < -0.4 is 11.1 Å². The number of unbranched alkanes of at least 4 members (excludes halogenated alkanes) is 1. The number of nitrogens with two attached hydrogens (primary N) is 1. The first-order chi connectivity index (χ1) is 14.6. The monoisotopic (exact) mass is 410 g/mol. The quantitative estimate of drug-likeness (QED) is 0.455. The molecular formula is C23H27FN4O2. The van der Waals surface area contributed by atoms with Crippen molar-refractivity contribution in [2.75, 3.05) is 31.9 Å². The Morgan fingerprint density at radius 3 is 2.80 bits per heavy atom. The summed E-state index contributed by atoms with van der Waals surface area (Å²) in [6.07, 6.45) is 3.99. The van der Waals surface area contributed by atoms with E-state index in [1.165, 1.54) is 12.1 Å². The number of piperidine rings is 1. The smallest absolute Gasteiger partial charge is 0.253 e. The first-order valence-corrected chi connectivity index (χ1v) is 10.5. The number of carbonyl (C=O) groups is 1. The Balaban J connectivity index is 1.17. The van der Waals surface area contributed by atoms with Crippen molar-refractivity contribution in [2.45, 2.75) is 31.6 Å². The van der Waals surface area contributed by atoms with Crippen molar-refractivity contribution in [2.24, 2.45) is 0 Å². The van der Waals surface area contributed by atoms with Crippen molar-refractivity contribution in [3.63, 3.8) is 0 Å². The number of likely N-dealkylation sites (tertiary alicyclic amines) is 1. The fourth-order valence-electron chi connectivity index (χ4n) is 4.12. The SMILES string of the molecule is Nc1ccccc1C(=O)NCCCCN1CCC(c2noc3cc(F)ccc23)CC1. The molecule has 7 heteroatoms. The molecule has 0 radical (unpaired) electrons. The van der Waals surface area contributed by atoms with E-state index in [4.69, 9.17) is 10.3 Å². The molecule has 0 unspecified atom stereocenters. The maximum Gasteiger partial charge on any atom is 0.253 e. The molecule has 6 nitrogen and oxygen atoms in total. The number of hydrogen-bond donors (Lipinski definition) is 2. The number of nitrogens with one attached hydrogen (secondary N) is 1. The number of rotatable bonds is 7. The number of hydrogen-bond acceptors (Lipinski definition) is 5. The van der Waals surface area contributed by atoms with Gasteiger partial charge in [0.25, 0.3) is 5.91 Å². The Morgan fingerprint density at radius 2 is 2.00 bits per heavy atom. The van der Waals surface area contributed by atoms with E-state index in [-0.39, 0.29) is 11.7 Å². The second-order valence-electron chi connectivity index (χ2n) is 7.87. The molecule has 3 aromatic rings. The lowest BCUT2D eigenvalue weighted by Gasteiger charge is -2.31. The molecule has 0 spiro atoms. The van der Waals surface area contributed by atoms with Crippen LogP contribution in [0.25, 0.3) is 11.0 Å². The van der Waals surface area contributed by atoms with Gasteiger partial charge in [-0.2, -0.15) is 0 Å². The number of carbonyl (C=O) groups excluding carboxylic acids is 1. The van der Waals surface area contributed by atoms with Crippen LogP contribution in [0.2, 0.25) is 0 Å². The zero-order valence-electron chi connectivity index (χ0n) is 16.9. The van der Waals surface area contributed by atoms with Crippen molar-refractivity contribution < 1.29 is 13.7 Å². The Kier molecular flexibility index (Phi) is 6.28. The Hall–Kier alpha value is -2.93. The molecule has 158 valence electrons. The van der Waals surface area contributed by atoms with Crippen LogP contribution in [0.4, 0.5) is 10.1 Å².